The first kappa shape index (κ1) is 27.1. The number of nitrogens with zero attached hydrogens (tertiary/aromatic N) is 5. The van der Waals surface area contributed by atoms with E-state index < -0.39 is 4.92 Å². The highest BCUT2D eigenvalue weighted by Crippen LogP contribution is 2.31. The third-order valence-corrected chi connectivity index (χ3v) is 7.60. The maximum absolute atomic E-state index is 13.3. The molecule has 1 amide bonds. The van der Waals surface area contributed by atoms with Crippen LogP contribution in [0.5, 0.6) is 5.75 Å². The Labute approximate surface area is 241 Å². The molecule has 212 valence electrons. The van der Waals surface area contributed by atoms with Crippen LogP contribution in [0.2, 0.25) is 0 Å². The van der Waals surface area contributed by atoms with Crippen molar-refractivity contribution in [3.05, 3.63) is 118 Å². The molecule has 2 aromatic heterocycles. The molecule has 3 heterocycles. The van der Waals surface area contributed by atoms with Gasteiger partial charge in [0.2, 0.25) is 0 Å². The van der Waals surface area contributed by atoms with Gasteiger partial charge in [0.1, 0.15) is 17.2 Å². The zero-order chi connectivity index (χ0) is 29.2. The van der Waals surface area contributed by atoms with Crippen molar-refractivity contribution in [2.24, 2.45) is 0 Å². The number of carbonyl (C=O) groups is 1. The number of methoxy groups -OCH3 is 1. The summed E-state index contributed by atoms with van der Waals surface area (Å²) in [6, 6.07) is 23.8. The fraction of sp³-hybridized carbons (Fsp3) is 0.188. The average Bonchev–Trinajstić information content (AvgIpc) is 3.39. The first-order chi connectivity index (χ1) is 20.4. The highest BCUT2D eigenvalue weighted by atomic mass is 19.1. The van der Waals surface area contributed by atoms with E-state index in [1.807, 2.05) is 53.1 Å². The van der Waals surface area contributed by atoms with E-state index in [2.05, 4.69) is 4.90 Å². The monoisotopic (exact) mass is 565 g/mol. The van der Waals surface area contributed by atoms with Crippen molar-refractivity contribution in [2.45, 2.75) is 6.54 Å². The highest BCUT2D eigenvalue weighted by Gasteiger charge is 2.25. The molecule has 0 saturated carbocycles. The lowest BCUT2D eigenvalue weighted by Gasteiger charge is -2.34. The molecular formula is C32H28FN5O4. The molecule has 10 heteroatoms. The second-order valence-electron chi connectivity index (χ2n) is 10.2. The van der Waals surface area contributed by atoms with Crippen molar-refractivity contribution in [3.63, 3.8) is 0 Å². The summed E-state index contributed by atoms with van der Waals surface area (Å²) in [6.07, 6.45) is 1.97. The predicted molar refractivity (Wildman–Crippen MR) is 157 cm³/mol. The number of carbonyl (C=O) groups excluding carboxylic acids is 1. The van der Waals surface area contributed by atoms with Crippen LogP contribution >= 0.6 is 0 Å². The Balaban J connectivity index is 1.31. The molecule has 1 aliphatic rings. The summed E-state index contributed by atoms with van der Waals surface area (Å²) in [5.74, 6) is 0.273. The Kier molecular flexibility index (Phi) is 7.37. The van der Waals surface area contributed by atoms with E-state index >= 15 is 0 Å². The lowest BCUT2D eigenvalue weighted by Crippen LogP contribution is -2.48. The zero-order valence-corrected chi connectivity index (χ0v) is 22.9. The van der Waals surface area contributed by atoms with Crippen molar-refractivity contribution in [1.82, 2.24) is 19.2 Å². The minimum Gasteiger partial charge on any atom is -0.497 e. The number of non-ortho nitro benzene ring substituents is 1. The van der Waals surface area contributed by atoms with E-state index in [1.165, 1.54) is 30.3 Å². The number of pyridine rings is 1. The number of ether oxygens (including phenoxy) is 1. The number of piperazine rings is 1. The van der Waals surface area contributed by atoms with Gasteiger partial charge in [-0.3, -0.25) is 19.8 Å². The Morgan fingerprint density at radius 2 is 1.64 bits per heavy atom. The van der Waals surface area contributed by atoms with Crippen molar-refractivity contribution >= 4 is 17.2 Å². The molecule has 3 aromatic carbocycles. The van der Waals surface area contributed by atoms with Crippen molar-refractivity contribution in [3.8, 4) is 28.1 Å². The number of aromatic nitrogens is 2. The van der Waals surface area contributed by atoms with Crippen LogP contribution in [0, 0.1) is 15.9 Å². The summed E-state index contributed by atoms with van der Waals surface area (Å²) in [6.45, 7) is 2.99. The van der Waals surface area contributed by atoms with E-state index in [1.54, 1.807) is 24.1 Å². The summed E-state index contributed by atoms with van der Waals surface area (Å²) in [7, 11) is 1.63. The van der Waals surface area contributed by atoms with Gasteiger partial charge in [-0.15, -0.1) is 0 Å². The number of halogens is 1. The lowest BCUT2D eigenvalue weighted by atomic mass is 10.1. The largest absolute Gasteiger partial charge is 0.497 e. The minimum atomic E-state index is -0.396. The number of hydrogen-bond donors (Lipinski definition) is 0. The molecule has 42 heavy (non-hydrogen) atoms. The van der Waals surface area contributed by atoms with Gasteiger partial charge >= 0.3 is 0 Å². The summed E-state index contributed by atoms with van der Waals surface area (Å²) in [4.78, 5) is 33.0. The molecule has 0 bridgehead atoms. The molecule has 0 spiro atoms. The maximum Gasteiger partial charge on any atom is 0.270 e. The van der Waals surface area contributed by atoms with Gasteiger partial charge in [0.05, 0.1) is 23.4 Å². The second-order valence-corrected chi connectivity index (χ2v) is 10.2. The number of rotatable bonds is 7. The van der Waals surface area contributed by atoms with Gasteiger partial charge in [-0.05, 0) is 71.8 Å². The Morgan fingerprint density at radius 3 is 2.33 bits per heavy atom. The van der Waals surface area contributed by atoms with Crippen LogP contribution in [-0.2, 0) is 6.54 Å². The average molecular weight is 566 g/mol. The summed E-state index contributed by atoms with van der Waals surface area (Å²) >= 11 is 0. The standard InChI is InChI=1S/C32H28FN5O4/c1-42-28-12-7-22(8-13-28)31-29(21-35-15-17-36(18-16-35)32(39)23-5-10-26(33)11-6-23)37-20-25(9-14-30(37)34-31)24-3-2-4-27(19-24)38(40)41/h2-14,19-20H,15-18,21H2,1H3. The minimum absolute atomic E-state index is 0.0328. The van der Waals surface area contributed by atoms with E-state index in [-0.39, 0.29) is 17.4 Å². The van der Waals surface area contributed by atoms with Gasteiger partial charge in [-0.25, -0.2) is 9.37 Å². The van der Waals surface area contributed by atoms with Crippen LogP contribution in [0.15, 0.2) is 91.1 Å². The van der Waals surface area contributed by atoms with Crippen LogP contribution in [-0.4, -0.2) is 63.3 Å². The summed E-state index contributed by atoms with van der Waals surface area (Å²) < 4.78 is 20.7. The SMILES string of the molecule is COc1ccc(-c2nc3ccc(-c4cccc([N+](=O)[O-])c4)cn3c2CN2CCN(C(=O)c3ccc(F)cc3)CC2)cc1. The molecule has 0 radical (unpaired) electrons. The van der Waals surface area contributed by atoms with Crippen LogP contribution in [0.4, 0.5) is 10.1 Å². The van der Waals surface area contributed by atoms with Gasteiger partial charge in [-0.1, -0.05) is 12.1 Å². The lowest BCUT2D eigenvalue weighted by molar-refractivity contribution is -0.384. The Morgan fingerprint density at radius 1 is 0.929 bits per heavy atom. The maximum atomic E-state index is 13.3. The molecule has 5 aromatic rings. The first-order valence-electron chi connectivity index (χ1n) is 13.6. The molecule has 6 rings (SSSR count). The number of nitro benzene ring substituents is 1. The van der Waals surface area contributed by atoms with Crippen molar-refractivity contribution in [2.75, 3.05) is 33.3 Å². The molecule has 1 saturated heterocycles. The predicted octanol–water partition coefficient (Wildman–Crippen LogP) is 5.68. The third kappa shape index (κ3) is 5.44. The fourth-order valence-electron chi connectivity index (χ4n) is 5.29. The quantitative estimate of drug-likeness (QED) is 0.186. The van der Waals surface area contributed by atoms with Crippen LogP contribution in [0.3, 0.4) is 0 Å². The molecule has 9 nitrogen and oxygen atoms in total. The topological polar surface area (TPSA) is 93.2 Å². The van der Waals surface area contributed by atoms with Crippen LogP contribution in [0.1, 0.15) is 16.1 Å². The zero-order valence-electron chi connectivity index (χ0n) is 22.9. The molecular weight excluding hydrogens is 537 g/mol. The number of amides is 1. The van der Waals surface area contributed by atoms with Crippen LogP contribution in [0.25, 0.3) is 28.0 Å². The number of benzene rings is 3. The second kappa shape index (κ2) is 11.4. The molecule has 0 unspecified atom stereocenters. The third-order valence-electron chi connectivity index (χ3n) is 7.60. The van der Waals surface area contributed by atoms with Gasteiger partial charge in [0.25, 0.3) is 11.6 Å². The Hall–Kier alpha value is -5.09. The normalized spacial score (nSPS) is 13.8. The number of fused-ring (bicyclic) bond motifs is 1. The Bertz CT molecular complexity index is 1760. The summed E-state index contributed by atoms with van der Waals surface area (Å²) in [5.41, 5.74) is 5.59. The first-order valence-corrected chi connectivity index (χ1v) is 13.6. The molecule has 0 atom stereocenters. The van der Waals surface area contributed by atoms with Gasteiger partial charge in [0, 0.05) is 62.2 Å². The number of nitro groups is 1. The smallest absolute Gasteiger partial charge is 0.270 e. The van der Waals surface area contributed by atoms with E-state index in [0.29, 0.717) is 38.3 Å². The van der Waals surface area contributed by atoms with Crippen LogP contribution < -0.4 is 4.74 Å². The molecule has 0 aliphatic carbocycles. The highest BCUT2D eigenvalue weighted by molar-refractivity contribution is 5.94. The fourth-order valence-corrected chi connectivity index (χ4v) is 5.29. The van der Waals surface area contributed by atoms with E-state index in [0.717, 1.165) is 39.5 Å². The summed E-state index contributed by atoms with van der Waals surface area (Å²) in [5, 5.41) is 11.4. The van der Waals surface area contributed by atoms with Gasteiger partial charge in [-0.2, -0.15) is 0 Å². The van der Waals surface area contributed by atoms with E-state index in [4.69, 9.17) is 9.72 Å². The van der Waals surface area contributed by atoms with Crippen molar-refractivity contribution in [1.29, 1.82) is 0 Å². The molecule has 1 fully saturated rings. The number of hydrogen-bond acceptors (Lipinski definition) is 6. The number of imidazole rings is 1. The molecule has 1 aliphatic heterocycles. The molecule has 0 N–H and O–H groups in total. The van der Waals surface area contributed by atoms with Crippen molar-refractivity contribution < 1.29 is 18.8 Å². The van der Waals surface area contributed by atoms with E-state index in [9.17, 15) is 19.3 Å². The van der Waals surface area contributed by atoms with Gasteiger partial charge in [0.15, 0.2) is 0 Å². The van der Waals surface area contributed by atoms with Gasteiger partial charge < -0.3 is 14.0 Å².